The molecule has 394 valence electrons. The summed E-state index contributed by atoms with van der Waals surface area (Å²) in [6, 6.07) is 26.1. The molecule has 0 atom stereocenters. The summed E-state index contributed by atoms with van der Waals surface area (Å²) < 4.78 is 91.6. The van der Waals surface area contributed by atoms with E-state index in [1.807, 2.05) is 27.7 Å². The largest absolute Gasteiger partial charge is 0.294 e. The number of hydrogen-bond acceptors (Lipinski definition) is 14. The molecule has 0 saturated heterocycles. The molecule has 1 heterocycles. The summed E-state index contributed by atoms with van der Waals surface area (Å²) in [5.74, 6) is -0.172. The zero-order valence-electron chi connectivity index (χ0n) is 43.0. The quantitative estimate of drug-likeness (QED) is 0.0793. The molecule has 72 heavy (non-hydrogen) atoms. The van der Waals surface area contributed by atoms with E-state index in [0.29, 0.717) is 33.5 Å². The van der Waals surface area contributed by atoms with Gasteiger partial charge in [0.15, 0.2) is 48.6 Å². The van der Waals surface area contributed by atoms with Crippen LogP contribution in [0.15, 0.2) is 124 Å². The number of aromatic nitrogens is 2. The highest BCUT2D eigenvalue weighted by atomic mass is 32.2. The summed E-state index contributed by atoms with van der Waals surface area (Å²) in [4.78, 5) is 57.9. The number of H-pyrrole nitrogens is 1. The Labute approximate surface area is 425 Å². The molecule has 21 heteroatoms. The number of sulfonamides is 2. The lowest BCUT2D eigenvalue weighted by Crippen LogP contribution is -2.18. The van der Waals surface area contributed by atoms with Crippen LogP contribution in [0.2, 0.25) is 0 Å². The molecule has 0 aliphatic rings. The molecule has 0 amide bonds. The third-order valence-electron chi connectivity index (χ3n) is 9.79. The van der Waals surface area contributed by atoms with Crippen LogP contribution < -0.4 is 9.86 Å². The average Bonchev–Trinajstić information content (AvgIpc) is 3.86. The first-order chi connectivity index (χ1) is 33.0. The number of nitrogens with one attached hydrogen (secondary N) is 2. The highest BCUT2D eigenvalue weighted by Crippen LogP contribution is 2.17. The molecule has 4 aromatic carbocycles. The van der Waals surface area contributed by atoms with Crippen molar-refractivity contribution in [1.29, 1.82) is 0 Å². The lowest BCUT2D eigenvalue weighted by atomic mass is 10.0. The van der Waals surface area contributed by atoms with Crippen LogP contribution in [0.3, 0.4) is 0 Å². The zero-order chi connectivity index (χ0) is 55.5. The summed E-state index contributed by atoms with van der Waals surface area (Å²) in [5.41, 5.74) is 3.42. The molecular weight excluding hydrogens is 1000 g/mol. The normalized spacial score (nSPS) is 11.5. The number of carbonyl (C=O) groups excluding carboxylic acids is 5. The van der Waals surface area contributed by atoms with Crippen LogP contribution in [-0.2, 0) is 45.5 Å². The molecule has 0 saturated carbocycles. The number of nitrogens with zero attached hydrogens (tertiary/aromatic N) is 1. The van der Waals surface area contributed by atoms with Crippen molar-refractivity contribution in [2.45, 2.75) is 89.7 Å². The topological polar surface area (TPSA) is 289 Å². The van der Waals surface area contributed by atoms with Crippen LogP contribution in [0.5, 0.6) is 0 Å². The summed E-state index contributed by atoms with van der Waals surface area (Å²) in [5, 5.41) is 11.2. The number of rotatable bonds is 16. The highest BCUT2D eigenvalue weighted by Gasteiger charge is 2.17. The van der Waals surface area contributed by atoms with E-state index in [-0.39, 0.29) is 78.9 Å². The van der Waals surface area contributed by atoms with Gasteiger partial charge in [-0.3, -0.25) is 29.1 Å². The number of nitrogens with two attached hydrogens (primary N) is 1. The molecule has 0 unspecified atom stereocenters. The second-order valence-electron chi connectivity index (χ2n) is 17.9. The van der Waals surface area contributed by atoms with E-state index in [1.54, 1.807) is 90.2 Å². The van der Waals surface area contributed by atoms with Crippen molar-refractivity contribution in [2.75, 3.05) is 19.6 Å². The maximum absolute atomic E-state index is 11.6. The number of aromatic amines is 1. The molecule has 0 fully saturated rings. The maximum atomic E-state index is 11.6. The molecule has 4 N–H and O–H groups in total. The van der Waals surface area contributed by atoms with Crippen molar-refractivity contribution in [2.24, 2.45) is 34.7 Å². The van der Waals surface area contributed by atoms with Crippen molar-refractivity contribution in [1.82, 2.24) is 14.9 Å². The van der Waals surface area contributed by atoms with Crippen LogP contribution in [0.1, 0.15) is 127 Å². The van der Waals surface area contributed by atoms with Gasteiger partial charge in [0.1, 0.15) is 5.69 Å². The number of sulfone groups is 2. The molecule has 0 spiro atoms. The Morgan fingerprint density at radius 3 is 1.19 bits per heavy atom. The minimum absolute atomic E-state index is 0.00778. The molecule has 5 aromatic rings. The Hall–Kier alpha value is -5.84. The zero-order valence-corrected chi connectivity index (χ0v) is 46.2. The summed E-state index contributed by atoms with van der Waals surface area (Å²) in [7, 11) is -12.0. The van der Waals surface area contributed by atoms with Crippen LogP contribution >= 0.6 is 0 Å². The predicted octanol–water partition coefficient (Wildman–Crippen LogP) is 7.85. The van der Waals surface area contributed by atoms with E-state index in [0.717, 1.165) is 6.26 Å². The van der Waals surface area contributed by atoms with Crippen LogP contribution in [0.25, 0.3) is 0 Å². The number of Topliss-reactive ketones (excluding diaryl/α,β-unsaturated/α-hetero) is 5. The lowest BCUT2D eigenvalue weighted by Gasteiger charge is -2.06. The monoisotopic (exact) mass is 1070 g/mol. The average molecular weight is 1070 g/mol. The van der Waals surface area contributed by atoms with E-state index in [9.17, 15) is 57.6 Å². The Kier molecular flexibility index (Phi) is 25.3. The van der Waals surface area contributed by atoms with Gasteiger partial charge in [0.25, 0.3) is 0 Å². The second-order valence-corrected chi connectivity index (χ2v) is 25.5. The van der Waals surface area contributed by atoms with E-state index in [2.05, 4.69) is 14.9 Å². The van der Waals surface area contributed by atoms with Crippen molar-refractivity contribution in [3.8, 4) is 0 Å². The Morgan fingerprint density at radius 1 is 0.500 bits per heavy atom. The van der Waals surface area contributed by atoms with E-state index in [1.165, 1.54) is 74.0 Å². The first-order valence-corrected chi connectivity index (χ1v) is 29.5. The predicted molar refractivity (Wildman–Crippen MR) is 279 cm³/mol. The van der Waals surface area contributed by atoms with Gasteiger partial charge in [-0.2, -0.15) is 5.10 Å². The fourth-order valence-corrected chi connectivity index (χ4v) is 8.42. The smallest absolute Gasteiger partial charge is 0.240 e. The van der Waals surface area contributed by atoms with Gasteiger partial charge in [-0.05, 0) is 55.1 Å². The van der Waals surface area contributed by atoms with Gasteiger partial charge in [-0.25, -0.2) is 43.5 Å². The van der Waals surface area contributed by atoms with Crippen LogP contribution in [-0.4, -0.2) is 92.3 Å². The number of benzene rings is 4. The minimum atomic E-state index is -3.68. The Balaban J connectivity index is 0.000000453. The maximum Gasteiger partial charge on any atom is 0.240 e. The minimum Gasteiger partial charge on any atom is -0.294 e. The van der Waals surface area contributed by atoms with E-state index in [4.69, 9.17) is 5.14 Å². The molecule has 17 nitrogen and oxygen atoms in total. The molecule has 0 bridgehead atoms. The third-order valence-corrected chi connectivity index (χ3v) is 14.1. The Bertz CT molecular complexity index is 3060. The van der Waals surface area contributed by atoms with Crippen molar-refractivity contribution in [3.05, 3.63) is 143 Å². The number of primary sulfonamides is 1. The number of carbonyl (C=O) groups is 5. The van der Waals surface area contributed by atoms with Gasteiger partial charge >= 0.3 is 0 Å². The first-order valence-electron chi connectivity index (χ1n) is 22.5. The van der Waals surface area contributed by atoms with Gasteiger partial charge in [-0.15, -0.1) is 0 Å². The van der Waals surface area contributed by atoms with Gasteiger partial charge in [0.05, 0.1) is 20.4 Å². The third kappa shape index (κ3) is 22.3. The summed E-state index contributed by atoms with van der Waals surface area (Å²) >= 11 is 0. The van der Waals surface area contributed by atoms with E-state index < -0.39 is 39.7 Å². The van der Waals surface area contributed by atoms with Crippen LogP contribution in [0.4, 0.5) is 0 Å². The standard InChI is InChI=1S/C12H16O3S.C11H15NO3S.C11H14O3S.C10H13NO3S.C7H10N2O/c1-9(2)12(13)11-6-4-10(5-7-11)8-16(3,14)15;1-8(2)11(13)9-4-6-10(7-5-9)16(14,15)12-3;1-8(2)11(12)9-5-4-6-10(7-9)15(3,13)14;1-7(2)10(12)8-3-5-9(6-4-8)15(11,13)14;1-5(2)7(10)6-3-4-8-9-6/h4-7,9H,8H2,1-3H3;4-8,12H,1-3H3;4-8H,1-3H3;3-7H,1-2H3,(H2,11,13,14);3-5H,1-2H3,(H,8,9). The summed E-state index contributed by atoms with van der Waals surface area (Å²) in [6.07, 6.45) is 3.90. The highest BCUT2D eigenvalue weighted by molar-refractivity contribution is 7.91. The molecule has 0 radical (unpaired) electrons. The van der Waals surface area contributed by atoms with Gasteiger partial charge in [-0.1, -0.05) is 130 Å². The second kappa shape index (κ2) is 28.4. The van der Waals surface area contributed by atoms with Gasteiger partial charge < -0.3 is 0 Å². The van der Waals surface area contributed by atoms with Crippen molar-refractivity contribution < 1.29 is 57.6 Å². The fourth-order valence-electron chi connectivity index (χ4n) is 5.71. The molecular formula is C51H68N4O13S4. The molecule has 5 rings (SSSR count). The molecule has 0 aliphatic carbocycles. The van der Waals surface area contributed by atoms with Gasteiger partial charge in [0, 0.05) is 70.6 Å². The fraction of sp³-hybridized carbons (Fsp3) is 0.373. The van der Waals surface area contributed by atoms with Crippen molar-refractivity contribution in [3.63, 3.8) is 0 Å². The van der Waals surface area contributed by atoms with Crippen molar-refractivity contribution >= 4 is 68.6 Å². The SMILES string of the molecule is CC(C)C(=O)c1ccc(CS(C)(=O)=O)cc1.CC(C)C(=O)c1ccc(S(N)(=O)=O)cc1.CC(C)C(=O)c1cccc(S(C)(=O)=O)c1.CC(C)C(=O)c1ccn[nH]1.CNS(=O)(=O)c1ccc(C(=O)C(C)C)cc1. The lowest BCUT2D eigenvalue weighted by molar-refractivity contribution is 0.0928. The van der Waals surface area contributed by atoms with E-state index >= 15 is 0 Å². The van der Waals surface area contributed by atoms with Crippen LogP contribution in [0, 0.1) is 29.6 Å². The molecule has 0 aliphatic heterocycles. The Morgan fingerprint density at radius 2 is 0.875 bits per heavy atom. The number of ketones is 5. The molecule has 1 aromatic heterocycles. The first kappa shape index (κ1) is 64.2. The summed E-state index contributed by atoms with van der Waals surface area (Å²) in [6.45, 7) is 18.2. The van der Waals surface area contributed by atoms with Gasteiger partial charge in [0.2, 0.25) is 20.0 Å². The number of hydrogen-bond donors (Lipinski definition) is 3.